The van der Waals surface area contributed by atoms with Gasteiger partial charge in [0, 0.05) is 41.0 Å². The number of nitrogens with zero attached hydrogens (tertiary/aromatic N) is 2. The summed E-state index contributed by atoms with van der Waals surface area (Å²) in [7, 11) is 0. The molecule has 0 bridgehead atoms. The van der Waals surface area contributed by atoms with E-state index in [1.165, 1.54) is 12.8 Å². The molecule has 0 aromatic carbocycles. The topological polar surface area (TPSA) is 54.0 Å². The summed E-state index contributed by atoms with van der Waals surface area (Å²) in [5.74, 6) is 0.309. The number of nitrogens with one attached hydrogen (secondary N) is 1. The Morgan fingerprint density at radius 2 is 1.38 bits per heavy atom. The van der Waals surface area contributed by atoms with Crippen molar-refractivity contribution in [1.82, 2.24) is 15.4 Å². The largest absolute Gasteiger partial charge is 0.314 e. The highest BCUT2D eigenvalue weighted by molar-refractivity contribution is 5.81. The molecule has 2 heterocycles. The fourth-order valence-electron chi connectivity index (χ4n) is 5.89. The highest BCUT2D eigenvalue weighted by Crippen LogP contribution is 2.39. The summed E-state index contributed by atoms with van der Waals surface area (Å²) in [6.07, 6.45) is 8.74. The Balaban J connectivity index is 0.000000350. The summed E-state index contributed by atoms with van der Waals surface area (Å²) in [5.41, 5.74) is -0.273. The summed E-state index contributed by atoms with van der Waals surface area (Å²) in [4.78, 5) is 23.3. The predicted molar refractivity (Wildman–Crippen MR) is 143 cm³/mol. The molecule has 0 amide bonds. The summed E-state index contributed by atoms with van der Waals surface area (Å²) in [6, 6.07) is 0.609. The minimum absolute atomic E-state index is 0.0980. The van der Waals surface area contributed by atoms with Crippen LogP contribution in [0.2, 0.25) is 0 Å². The molecule has 200 valence electrons. The summed E-state index contributed by atoms with van der Waals surface area (Å²) in [6.45, 7) is 27.9. The van der Waals surface area contributed by atoms with Crippen LogP contribution in [0.4, 0.5) is 0 Å². The molecule has 2 aliphatic heterocycles. The van der Waals surface area contributed by atoms with Gasteiger partial charge in [0.2, 0.25) is 0 Å². The number of carbonyl (C=O) groups excluding carboxylic acids is 1. The van der Waals surface area contributed by atoms with Crippen LogP contribution < -0.4 is 5.32 Å². The summed E-state index contributed by atoms with van der Waals surface area (Å²) >= 11 is 0. The smallest absolute Gasteiger partial charge is 0.136 e. The van der Waals surface area contributed by atoms with Crippen molar-refractivity contribution in [2.45, 2.75) is 142 Å². The van der Waals surface area contributed by atoms with Gasteiger partial charge in [-0.25, -0.2) is 0 Å². The number of piperidine rings is 2. The van der Waals surface area contributed by atoms with Crippen molar-refractivity contribution in [3.8, 4) is 0 Å². The van der Waals surface area contributed by atoms with Crippen LogP contribution in [0.15, 0.2) is 12.7 Å². The second-order valence-electron chi connectivity index (χ2n) is 12.6. The van der Waals surface area contributed by atoms with Gasteiger partial charge in [0.1, 0.15) is 5.78 Å². The lowest BCUT2D eigenvalue weighted by Crippen LogP contribution is -2.63. The van der Waals surface area contributed by atoms with Crippen molar-refractivity contribution in [3.63, 3.8) is 0 Å². The molecule has 0 saturated carbocycles. The molecule has 2 aliphatic rings. The van der Waals surface area contributed by atoms with Gasteiger partial charge in [-0.05, 0) is 87.6 Å². The Kier molecular flexibility index (Phi) is 11.9. The highest BCUT2D eigenvalue weighted by Gasteiger charge is 2.47. The first-order valence-electron chi connectivity index (χ1n) is 13.4. The molecule has 0 unspecified atom stereocenters. The van der Waals surface area contributed by atoms with Crippen LogP contribution in [0.5, 0.6) is 0 Å². The van der Waals surface area contributed by atoms with E-state index in [2.05, 4.69) is 58.5 Å². The van der Waals surface area contributed by atoms with E-state index < -0.39 is 0 Å². The monoisotopic (exact) mass is 481 g/mol. The molecule has 6 nitrogen and oxygen atoms in total. The van der Waals surface area contributed by atoms with Gasteiger partial charge in [-0.1, -0.05) is 26.3 Å². The van der Waals surface area contributed by atoms with Crippen LogP contribution in [0.25, 0.3) is 0 Å². The fourth-order valence-corrected chi connectivity index (χ4v) is 5.89. The number of hydrogen-bond acceptors (Lipinski definition) is 6. The third-order valence-electron chi connectivity index (χ3n) is 6.66. The summed E-state index contributed by atoms with van der Waals surface area (Å²) in [5, 5.41) is 7.93. The third-order valence-corrected chi connectivity index (χ3v) is 6.66. The molecule has 0 aliphatic carbocycles. The molecule has 0 radical (unpaired) electrons. The van der Waals surface area contributed by atoms with Crippen LogP contribution in [-0.4, -0.2) is 63.9 Å². The molecule has 0 aromatic rings. The standard InChI is InChI=1S/C16H34N2O.C12H21NO2/c1-7-9-10-17-14-12-15(3,4)18(19-11-8-2)16(5,6)13-14;1-6-7-15-13-11(2,3)8-10(14)9-12(13,4)5/h14,17H,7-13H2,1-6H3;6H,1,7-9H2,2-5H3. The van der Waals surface area contributed by atoms with Gasteiger partial charge < -0.3 is 5.32 Å². The lowest BCUT2D eigenvalue weighted by molar-refractivity contribution is -0.283. The number of Topliss-reactive ketones (excluding diaryl/α,β-unsaturated/α-hetero) is 1. The number of hydrogen-bond donors (Lipinski definition) is 1. The van der Waals surface area contributed by atoms with Gasteiger partial charge in [-0.15, -0.1) is 6.58 Å². The molecule has 6 heteroatoms. The number of rotatable bonds is 10. The van der Waals surface area contributed by atoms with E-state index in [0.717, 1.165) is 32.4 Å². The van der Waals surface area contributed by atoms with Crippen LogP contribution in [0.1, 0.15) is 114 Å². The lowest BCUT2D eigenvalue weighted by atomic mass is 9.79. The summed E-state index contributed by atoms with van der Waals surface area (Å²) < 4.78 is 0. The van der Waals surface area contributed by atoms with E-state index in [1.54, 1.807) is 6.08 Å². The first kappa shape index (κ1) is 31.2. The van der Waals surface area contributed by atoms with E-state index in [0.29, 0.717) is 31.3 Å². The molecule has 1 N–H and O–H groups in total. The Hall–Kier alpha value is -0.790. The average Bonchev–Trinajstić information content (AvgIpc) is 2.65. The first-order valence-corrected chi connectivity index (χ1v) is 13.4. The van der Waals surface area contributed by atoms with Crippen LogP contribution in [-0.2, 0) is 14.5 Å². The number of carbonyl (C=O) groups is 1. The Bertz CT molecular complexity index is 605. The van der Waals surface area contributed by atoms with Crippen molar-refractivity contribution in [1.29, 1.82) is 0 Å². The van der Waals surface area contributed by atoms with E-state index in [1.807, 2.05) is 32.8 Å². The Labute approximate surface area is 210 Å². The molecule has 2 saturated heterocycles. The minimum Gasteiger partial charge on any atom is -0.314 e. The average molecular weight is 482 g/mol. The normalized spacial score (nSPS) is 24.4. The number of ketones is 1. The molecule has 34 heavy (non-hydrogen) atoms. The lowest BCUT2D eigenvalue weighted by Gasteiger charge is -2.54. The van der Waals surface area contributed by atoms with Crippen LogP contribution in [0, 0.1) is 0 Å². The highest BCUT2D eigenvalue weighted by atomic mass is 16.7. The van der Waals surface area contributed by atoms with Crippen molar-refractivity contribution < 1.29 is 14.5 Å². The molecule has 0 aromatic heterocycles. The first-order chi connectivity index (χ1) is 15.6. The number of unbranched alkanes of at least 4 members (excludes halogenated alkanes) is 1. The van der Waals surface area contributed by atoms with Crippen LogP contribution in [0.3, 0.4) is 0 Å². The zero-order valence-electron chi connectivity index (χ0n) is 24.1. The zero-order valence-corrected chi connectivity index (χ0v) is 24.1. The van der Waals surface area contributed by atoms with Crippen molar-refractivity contribution >= 4 is 5.78 Å². The van der Waals surface area contributed by atoms with E-state index in [-0.39, 0.29) is 22.2 Å². The molecule has 2 fully saturated rings. The molecule has 2 rings (SSSR count). The van der Waals surface area contributed by atoms with Crippen molar-refractivity contribution in [2.75, 3.05) is 19.8 Å². The van der Waals surface area contributed by atoms with Gasteiger partial charge in [0.25, 0.3) is 0 Å². The van der Waals surface area contributed by atoms with Gasteiger partial charge >= 0.3 is 0 Å². The maximum atomic E-state index is 11.6. The van der Waals surface area contributed by atoms with Gasteiger partial charge in [0.15, 0.2) is 0 Å². The molecule has 0 spiro atoms. The molecular weight excluding hydrogens is 426 g/mol. The van der Waals surface area contributed by atoms with Crippen LogP contribution >= 0.6 is 0 Å². The quantitative estimate of drug-likeness (QED) is 0.302. The zero-order chi connectivity index (χ0) is 26.2. The van der Waals surface area contributed by atoms with E-state index in [4.69, 9.17) is 9.68 Å². The maximum Gasteiger partial charge on any atom is 0.136 e. The second kappa shape index (κ2) is 13.0. The van der Waals surface area contributed by atoms with E-state index >= 15 is 0 Å². The number of hydroxylamine groups is 4. The van der Waals surface area contributed by atoms with Gasteiger partial charge in [-0.3, -0.25) is 14.5 Å². The molecule has 0 atom stereocenters. The Morgan fingerprint density at radius 3 is 1.82 bits per heavy atom. The fraction of sp³-hybridized carbons (Fsp3) is 0.893. The predicted octanol–water partition coefficient (Wildman–Crippen LogP) is 6.07. The minimum atomic E-state index is -0.234. The van der Waals surface area contributed by atoms with Gasteiger partial charge in [-0.2, -0.15) is 10.1 Å². The Morgan fingerprint density at radius 1 is 0.882 bits per heavy atom. The van der Waals surface area contributed by atoms with E-state index in [9.17, 15) is 4.79 Å². The van der Waals surface area contributed by atoms with Crippen molar-refractivity contribution in [3.05, 3.63) is 12.7 Å². The third kappa shape index (κ3) is 9.02. The second-order valence-corrected chi connectivity index (χ2v) is 12.6. The molecular formula is C28H55N3O3. The van der Waals surface area contributed by atoms with Crippen molar-refractivity contribution in [2.24, 2.45) is 0 Å². The van der Waals surface area contributed by atoms with Gasteiger partial charge in [0.05, 0.1) is 13.2 Å². The maximum absolute atomic E-state index is 11.6. The SMILES string of the molecule is C=CCON1C(C)(C)CC(=O)CC1(C)C.CCCCNC1CC(C)(C)N(OCCC)C(C)(C)C1.